The first-order valence-electron chi connectivity index (χ1n) is 8.12. The van der Waals surface area contributed by atoms with Crippen LogP contribution in [0.1, 0.15) is 32.6 Å². The van der Waals surface area contributed by atoms with E-state index in [1.54, 1.807) is 0 Å². The first kappa shape index (κ1) is 14.7. The second kappa shape index (κ2) is 6.67. The van der Waals surface area contributed by atoms with Crippen molar-refractivity contribution in [2.45, 2.75) is 50.7 Å². The zero-order chi connectivity index (χ0) is 13.9. The SMILES string of the molecule is CC1CSCCN1C(=O)C1CCCN1C1CCNCC1. The molecule has 0 spiro atoms. The molecule has 2 unspecified atom stereocenters. The van der Waals surface area contributed by atoms with Gasteiger partial charge in [-0.1, -0.05) is 0 Å². The van der Waals surface area contributed by atoms with E-state index in [9.17, 15) is 4.79 Å². The Morgan fingerprint density at radius 1 is 1.20 bits per heavy atom. The van der Waals surface area contributed by atoms with Gasteiger partial charge in [0, 0.05) is 30.1 Å². The smallest absolute Gasteiger partial charge is 0.240 e. The number of nitrogens with one attached hydrogen (secondary N) is 1. The van der Waals surface area contributed by atoms with Crippen LogP contribution in [0.25, 0.3) is 0 Å². The van der Waals surface area contributed by atoms with Crippen molar-refractivity contribution in [3.05, 3.63) is 0 Å². The second-order valence-electron chi connectivity index (χ2n) is 6.33. The Balaban J connectivity index is 1.66. The van der Waals surface area contributed by atoms with E-state index in [4.69, 9.17) is 0 Å². The summed E-state index contributed by atoms with van der Waals surface area (Å²) in [5.41, 5.74) is 0. The molecule has 3 aliphatic heterocycles. The summed E-state index contributed by atoms with van der Waals surface area (Å²) in [5.74, 6) is 2.62. The maximum atomic E-state index is 12.9. The molecule has 3 saturated heterocycles. The molecule has 3 rings (SSSR count). The summed E-state index contributed by atoms with van der Waals surface area (Å²) in [6.07, 6.45) is 4.67. The highest BCUT2D eigenvalue weighted by Gasteiger charge is 2.39. The van der Waals surface area contributed by atoms with Crippen molar-refractivity contribution in [1.82, 2.24) is 15.1 Å². The molecule has 4 nitrogen and oxygen atoms in total. The van der Waals surface area contributed by atoms with E-state index in [-0.39, 0.29) is 6.04 Å². The first-order valence-corrected chi connectivity index (χ1v) is 9.27. The Hall–Kier alpha value is -0.260. The minimum Gasteiger partial charge on any atom is -0.337 e. The van der Waals surface area contributed by atoms with Gasteiger partial charge in [0.1, 0.15) is 0 Å². The lowest BCUT2D eigenvalue weighted by atomic mass is 10.0. The molecule has 5 heteroatoms. The second-order valence-corrected chi connectivity index (χ2v) is 7.48. The summed E-state index contributed by atoms with van der Waals surface area (Å²) >= 11 is 1.98. The zero-order valence-electron chi connectivity index (χ0n) is 12.5. The lowest BCUT2D eigenvalue weighted by Gasteiger charge is -2.40. The van der Waals surface area contributed by atoms with Gasteiger partial charge in [-0.3, -0.25) is 9.69 Å². The maximum absolute atomic E-state index is 12.9. The maximum Gasteiger partial charge on any atom is 0.240 e. The molecule has 3 aliphatic rings. The minimum atomic E-state index is 0.170. The predicted octanol–water partition coefficient (Wildman–Crippen LogP) is 1.17. The summed E-state index contributed by atoms with van der Waals surface area (Å²) in [6, 6.07) is 1.21. The number of hydrogen-bond acceptors (Lipinski definition) is 4. The van der Waals surface area contributed by atoms with Crippen LogP contribution in [-0.2, 0) is 4.79 Å². The van der Waals surface area contributed by atoms with Crippen LogP contribution in [0.5, 0.6) is 0 Å². The highest BCUT2D eigenvalue weighted by molar-refractivity contribution is 7.99. The van der Waals surface area contributed by atoms with Gasteiger partial charge >= 0.3 is 0 Å². The van der Waals surface area contributed by atoms with E-state index in [2.05, 4.69) is 22.0 Å². The Morgan fingerprint density at radius 3 is 2.75 bits per heavy atom. The molecule has 1 amide bonds. The third-order valence-electron chi connectivity index (χ3n) is 5.01. The Kier molecular flexibility index (Phi) is 4.89. The van der Waals surface area contributed by atoms with E-state index >= 15 is 0 Å². The lowest BCUT2D eigenvalue weighted by molar-refractivity contribution is -0.138. The van der Waals surface area contributed by atoms with Crippen LogP contribution in [0.2, 0.25) is 0 Å². The number of rotatable bonds is 2. The third kappa shape index (κ3) is 3.00. The van der Waals surface area contributed by atoms with Gasteiger partial charge in [0.05, 0.1) is 6.04 Å². The van der Waals surface area contributed by atoms with E-state index < -0.39 is 0 Å². The van der Waals surface area contributed by atoms with Crippen LogP contribution in [0, 0.1) is 0 Å². The molecule has 3 fully saturated rings. The van der Waals surface area contributed by atoms with Gasteiger partial charge in [-0.05, 0) is 52.2 Å². The molecule has 0 aromatic carbocycles. The minimum absolute atomic E-state index is 0.170. The largest absolute Gasteiger partial charge is 0.337 e. The van der Waals surface area contributed by atoms with Crippen molar-refractivity contribution in [2.24, 2.45) is 0 Å². The summed E-state index contributed by atoms with van der Waals surface area (Å²) in [6.45, 7) is 6.49. The summed E-state index contributed by atoms with van der Waals surface area (Å²) < 4.78 is 0. The molecule has 2 atom stereocenters. The molecule has 0 aliphatic carbocycles. The Labute approximate surface area is 126 Å². The van der Waals surface area contributed by atoms with Crippen LogP contribution >= 0.6 is 11.8 Å². The number of carbonyl (C=O) groups excluding carboxylic acids is 1. The molecule has 20 heavy (non-hydrogen) atoms. The number of thioether (sulfide) groups is 1. The standard InChI is InChI=1S/C15H27N3OS/c1-12-11-20-10-9-17(12)15(19)14-3-2-8-18(14)13-4-6-16-7-5-13/h12-14,16H,2-11H2,1H3. The number of piperidine rings is 1. The fourth-order valence-corrected chi connectivity index (χ4v) is 4.89. The molecule has 0 bridgehead atoms. The van der Waals surface area contributed by atoms with Gasteiger partial charge < -0.3 is 10.2 Å². The average molecular weight is 297 g/mol. The average Bonchev–Trinajstić information content (AvgIpc) is 2.97. The molecular weight excluding hydrogens is 270 g/mol. The number of carbonyl (C=O) groups is 1. The van der Waals surface area contributed by atoms with Crippen molar-refractivity contribution in [3.8, 4) is 0 Å². The van der Waals surface area contributed by atoms with Gasteiger partial charge in [-0.25, -0.2) is 0 Å². The first-order chi connectivity index (χ1) is 9.77. The van der Waals surface area contributed by atoms with Crippen LogP contribution < -0.4 is 5.32 Å². The predicted molar refractivity (Wildman–Crippen MR) is 84.1 cm³/mol. The van der Waals surface area contributed by atoms with Crippen molar-refractivity contribution in [3.63, 3.8) is 0 Å². The quantitative estimate of drug-likeness (QED) is 0.830. The molecular formula is C15H27N3OS. The van der Waals surface area contributed by atoms with Gasteiger partial charge in [-0.2, -0.15) is 11.8 Å². The number of likely N-dealkylation sites (tertiary alicyclic amines) is 1. The van der Waals surface area contributed by atoms with Gasteiger partial charge in [-0.15, -0.1) is 0 Å². The molecule has 3 heterocycles. The van der Waals surface area contributed by atoms with Gasteiger partial charge in [0.25, 0.3) is 0 Å². The highest BCUT2D eigenvalue weighted by atomic mass is 32.2. The molecule has 0 aromatic heterocycles. The van der Waals surface area contributed by atoms with E-state index in [1.165, 1.54) is 19.3 Å². The zero-order valence-corrected chi connectivity index (χ0v) is 13.3. The molecule has 1 N–H and O–H groups in total. The number of amides is 1. The summed E-state index contributed by atoms with van der Waals surface area (Å²) in [5, 5.41) is 3.43. The van der Waals surface area contributed by atoms with Crippen LogP contribution in [0.4, 0.5) is 0 Å². The Bertz CT molecular complexity index is 346. The summed E-state index contributed by atoms with van der Waals surface area (Å²) in [7, 11) is 0. The molecule has 0 aromatic rings. The highest BCUT2D eigenvalue weighted by Crippen LogP contribution is 2.27. The number of nitrogens with zero attached hydrogens (tertiary/aromatic N) is 2. The normalized spacial score (nSPS) is 33.5. The van der Waals surface area contributed by atoms with Crippen molar-refractivity contribution in [2.75, 3.05) is 37.7 Å². The topological polar surface area (TPSA) is 35.6 Å². The van der Waals surface area contributed by atoms with Gasteiger partial charge in [0.2, 0.25) is 5.91 Å². The van der Waals surface area contributed by atoms with E-state index in [1.807, 2.05) is 11.8 Å². The van der Waals surface area contributed by atoms with E-state index in [0.717, 1.165) is 44.1 Å². The summed E-state index contributed by atoms with van der Waals surface area (Å²) in [4.78, 5) is 17.6. The van der Waals surface area contributed by atoms with Gasteiger partial charge in [0.15, 0.2) is 0 Å². The molecule has 0 radical (unpaired) electrons. The monoisotopic (exact) mass is 297 g/mol. The third-order valence-corrected chi connectivity index (χ3v) is 6.20. The molecule has 0 saturated carbocycles. The fraction of sp³-hybridized carbons (Fsp3) is 0.933. The van der Waals surface area contributed by atoms with Crippen molar-refractivity contribution < 1.29 is 4.79 Å². The lowest BCUT2D eigenvalue weighted by Crippen LogP contribution is -2.55. The van der Waals surface area contributed by atoms with Crippen LogP contribution in [-0.4, -0.2) is 71.5 Å². The molecule has 114 valence electrons. The Morgan fingerprint density at radius 2 is 2.00 bits per heavy atom. The van der Waals surface area contributed by atoms with E-state index in [0.29, 0.717) is 18.0 Å². The van der Waals surface area contributed by atoms with Crippen molar-refractivity contribution >= 4 is 17.7 Å². The van der Waals surface area contributed by atoms with Crippen LogP contribution in [0.3, 0.4) is 0 Å². The van der Waals surface area contributed by atoms with Crippen LogP contribution in [0.15, 0.2) is 0 Å². The number of hydrogen-bond donors (Lipinski definition) is 1. The van der Waals surface area contributed by atoms with Crippen molar-refractivity contribution in [1.29, 1.82) is 0 Å². The fourth-order valence-electron chi connectivity index (χ4n) is 3.88.